The summed E-state index contributed by atoms with van der Waals surface area (Å²) >= 11 is 0. The highest BCUT2D eigenvalue weighted by Crippen LogP contribution is 2.25. The van der Waals surface area contributed by atoms with E-state index >= 15 is 0 Å². The number of aromatic nitrogens is 3. The van der Waals surface area contributed by atoms with Crippen LogP contribution < -0.4 is 10.6 Å². The maximum atomic E-state index is 12.6. The quantitative estimate of drug-likeness (QED) is 0.883. The van der Waals surface area contributed by atoms with Crippen LogP contribution in [-0.4, -0.2) is 26.6 Å². The normalized spacial score (nSPS) is 16.9. The largest absolute Gasteiger partial charge is 0.324 e. The number of aryl methyl sites for hydroxylation is 3. The molecule has 0 fully saturated rings. The number of hydrogen-bond acceptors (Lipinski definition) is 4. The van der Waals surface area contributed by atoms with Gasteiger partial charge in [0.1, 0.15) is 11.9 Å². The van der Waals surface area contributed by atoms with Crippen LogP contribution in [0, 0.1) is 20.8 Å². The van der Waals surface area contributed by atoms with Crippen molar-refractivity contribution < 1.29 is 9.59 Å². The lowest BCUT2D eigenvalue weighted by Gasteiger charge is -2.23. The van der Waals surface area contributed by atoms with Crippen molar-refractivity contribution >= 4 is 23.5 Å². The number of nitrogens with one attached hydrogen (secondary N) is 2. The molecule has 0 unspecified atom stereocenters. The highest BCUT2D eigenvalue weighted by molar-refractivity contribution is 6.01. The molecule has 2 amide bonds. The molecule has 0 bridgehead atoms. The molecule has 0 saturated carbocycles. The molecule has 1 aromatic carbocycles. The third kappa shape index (κ3) is 2.57. The maximum absolute atomic E-state index is 12.6. The molecule has 1 aromatic heterocycles. The van der Waals surface area contributed by atoms with Gasteiger partial charge in [0.05, 0.1) is 6.42 Å². The molecule has 1 aliphatic heterocycles. The van der Waals surface area contributed by atoms with Crippen molar-refractivity contribution in [3.63, 3.8) is 0 Å². The summed E-state index contributed by atoms with van der Waals surface area (Å²) in [7, 11) is 0. The third-order valence-corrected chi connectivity index (χ3v) is 3.62. The zero-order chi connectivity index (χ0) is 15.9. The van der Waals surface area contributed by atoms with Gasteiger partial charge in [0.2, 0.25) is 17.8 Å². The molecule has 2 heterocycles. The Morgan fingerprint density at radius 3 is 2.91 bits per heavy atom. The van der Waals surface area contributed by atoms with Crippen LogP contribution >= 0.6 is 0 Å². The van der Waals surface area contributed by atoms with Crippen LogP contribution in [-0.2, 0) is 9.59 Å². The van der Waals surface area contributed by atoms with E-state index in [1.54, 1.807) is 6.92 Å². The van der Waals surface area contributed by atoms with Crippen molar-refractivity contribution in [2.45, 2.75) is 33.2 Å². The number of carbonyl (C=O) groups excluding carboxylic acids is 2. The lowest BCUT2D eigenvalue weighted by molar-refractivity contribution is -0.125. The number of rotatable bonds is 2. The van der Waals surface area contributed by atoms with Crippen LogP contribution in [0.4, 0.5) is 11.6 Å². The Morgan fingerprint density at radius 1 is 1.36 bits per heavy atom. The molecule has 2 aromatic rings. The molecule has 0 spiro atoms. The van der Waals surface area contributed by atoms with Gasteiger partial charge in [0, 0.05) is 5.69 Å². The first kappa shape index (κ1) is 14.2. The number of amides is 2. The second kappa shape index (κ2) is 5.25. The molecule has 2 N–H and O–H groups in total. The Morgan fingerprint density at radius 2 is 2.14 bits per heavy atom. The van der Waals surface area contributed by atoms with Crippen LogP contribution in [0.3, 0.4) is 0 Å². The lowest BCUT2D eigenvalue weighted by Crippen LogP contribution is -2.36. The first-order valence-electron chi connectivity index (χ1n) is 7.05. The monoisotopic (exact) mass is 299 g/mol. The fourth-order valence-corrected chi connectivity index (χ4v) is 2.46. The zero-order valence-corrected chi connectivity index (χ0v) is 12.7. The maximum Gasteiger partial charge on any atom is 0.249 e. The van der Waals surface area contributed by atoms with E-state index in [-0.39, 0.29) is 18.2 Å². The van der Waals surface area contributed by atoms with E-state index in [4.69, 9.17) is 0 Å². The average Bonchev–Trinajstić information content (AvgIpc) is 2.81. The minimum atomic E-state index is -0.690. The van der Waals surface area contributed by atoms with E-state index in [1.807, 2.05) is 32.0 Å². The number of benzene rings is 1. The molecular weight excluding hydrogens is 282 g/mol. The Labute approximate surface area is 127 Å². The summed E-state index contributed by atoms with van der Waals surface area (Å²) in [6, 6.07) is 5.15. The lowest BCUT2D eigenvalue weighted by atomic mass is 10.1. The summed E-state index contributed by atoms with van der Waals surface area (Å²) in [5.74, 6) is 0.326. The third-order valence-electron chi connectivity index (χ3n) is 3.62. The molecule has 0 radical (unpaired) electrons. The summed E-state index contributed by atoms with van der Waals surface area (Å²) in [5.41, 5.74) is 2.77. The van der Waals surface area contributed by atoms with Crippen molar-refractivity contribution in [3.05, 3.63) is 35.2 Å². The Kier molecular flexibility index (Phi) is 3.40. The van der Waals surface area contributed by atoms with E-state index in [0.717, 1.165) is 16.8 Å². The second-order valence-electron chi connectivity index (χ2n) is 5.50. The molecule has 1 atom stereocenters. The Bertz CT molecular complexity index is 765. The van der Waals surface area contributed by atoms with Crippen LogP contribution in [0.15, 0.2) is 18.2 Å². The van der Waals surface area contributed by atoms with Crippen molar-refractivity contribution in [3.8, 4) is 0 Å². The molecule has 7 nitrogen and oxygen atoms in total. The molecular formula is C15H17N5O2. The van der Waals surface area contributed by atoms with Gasteiger partial charge in [0.15, 0.2) is 0 Å². The van der Waals surface area contributed by atoms with Gasteiger partial charge in [-0.2, -0.15) is 10.1 Å². The second-order valence-corrected chi connectivity index (χ2v) is 5.50. The van der Waals surface area contributed by atoms with Crippen LogP contribution in [0.1, 0.15) is 29.4 Å². The Hall–Kier alpha value is -2.70. The van der Waals surface area contributed by atoms with Gasteiger partial charge in [-0.1, -0.05) is 12.1 Å². The smallest absolute Gasteiger partial charge is 0.249 e. The molecule has 7 heteroatoms. The van der Waals surface area contributed by atoms with Gasteiger partial charge in [0.25, 0.3) is 0 Å². The predicted molar refractivity (Wildman–Crippen MR) is 81.6 cm³/mol. The van der Waals surface area contributed by atoms with Crippen LogP contribution in [0.2, 0.25) is 0 Å². The summed E-state index contributed by atoms with van der Waals surface area (Å²) < 4.78 is 1.47. The standard InChI is InChI=1S/C15H17N5O2/c1-8-4-5-9(2)11(6-8)17-14(22)12-7-13(21)18-15-16-10(3)19-20(12)15/h4-6,12H,7H2,1-3H3,(H,17,22)(H,16,18,19,21)/t12-/m0/s1. The van der Waals surface area contributed by atoms with Gasteiger partial charge in [-0.05, 0) is 38.0 Å². The van der Waals surface area contributed by atoms with E-state index in [9.17, 15) is 9.59 Å². The number of nitrogens with zero attached hydrogens (tertiary/aromatic N) is 3. The van der Waals surface area contributed by atoms with Gasteiger partial charge in [-0.3, -0.25) is 14.9 Å². The number of hydrogen-bond donors (Lipinski definition) is 2. The summed E-state index contributed by atoms with van der Waals surface area (Å²) in [4.78, 5) is 28.4. The minimum absolute atomic E-state index is 0.0481. The van der Waals surface area contributed by atoms with Crippen LogP contribution in [0.5, 0.6) is 0 Å². The van der Waals surface area contributed by atoms with E-state index in [1.165, 1.54) is 4.68 Å². The van der Waals surface area contributed by atoms with Crippen molar-refractivity contribution in [1.82, 2.24) is 14.8 Å². The van der Waals surface area contributed by atoms with E-state index < -0.39 is 6.04 Å². The summed E-state index contributed by atoms with van der Waals surface area (Å²) in [6.45, 7) is 5.60. The topological polar surface area (TPSA) is 88.9 Å². The fourth-order valence-electron chi connectivity index (χ4n) is 2.46. The highest BCUT2D eigenvalue weighted by Gasteiger charge is 2.32. The SMILES string of the molecule is Cc1ccc(C)c(NC(=O)[C@@H]2CC(=O)Nc3nc(C)nn32)c1. The molecule has 0 aliphatic carbocycles. The molecule has 114 valence electrons. The number of anilines is 2. The predicted octanol–water partition coefficient (Wildman–Crippen LogP) is 1.73. The van der Waals surface area contributed by atoms with Gasteiger partial charge in [-0.15, -0.1) is 0 Å². The first-order valence-corrected chi connectivity index (χ1v) is 7.05. The number of carbonyl (C=O) groups is 2. The number of fused-ring (bicyclic) bond motifs is 1. The molecule has 1 aliphatic rings. The van der Waals surface area contributed by atoms with Crippen molar-refractivity contribution in [1.29, 1.82) is 0 Å². The molecule has 22 heavy (non-hydrogen) atoms. The highest BCUT2D eigenvalue weighted by atomic mass is 16.2. The zero-order valence-electron chi connectivity index (χ0n) is 12.7. The van der Waals surface area contributed by atoms with Crippen LogP contribution in [0.25, 0.3) is 0 Å². The average molecular weight is 299 g/mol. The molecule has 0 saturated heterocycles. The van der Waals surface area contributed by atoms with Crippen molar-refractivity contribution in [2.75, 3.05) is 10.6 Å². The summed E-state index contributed by atoms with van der Waals surface area (Å²) in [5, 5.41) is 9.70. The van der Waals surface area contributed by atoms with E-state index in [2.05, 4.69) is 20.7 Å². The van der Waals surface area contributed by atoms with Gasteiger partial charge >= 0.3 is 0 Å². The van der Waals surface area contributed by atoms with Gasteiger partial charge < -0.3 is 5.32 Å². The fraction of sp³-hybridized carbons (Fsp3) is 0.333. The van der Waals surface area contributed by atoms with Crippen molar-refractivity contribution in [2.24, 2.45) is 0 Å². The Balaban J connectivity index is 1.89. The molecule has 3 rings (SSSR count). The summed E-state index contributed by atoms with van der Waals surface area (Å²) in [6.07, 6.45) is 0.0481. The minimum Gasteiger partial charge on any atom is -0.324 e. The van der Waals surface area contributed by atoms with Gasteiger partial charge in [-0.25, -0.2) is 4.68 Å². The first-order chi connectivity index (χ1) is 10.4. The van der Waals surface area contributed by atoms with E-state index in [0.29, 0.717) is 11.8 Å².